The van der Waals surface area contributed by atoms with Crippen molar-refractivity contribution >= 4 is 5.97 Å². The molecule has 0 aromatic heterocycles. The molecule has 3 heteroatoms. The Kier molecular flexibility index (Phi) is 0.990. The highest BCUT2D eigenvalue weighted by Crippen LogP contribution is 2.04. The van der Waals surface area contributed by atoms with Crippen molar-refractivity contribution in [3.63, 3.8) is 0 Å². The van der Waals surface area contributed by atoms with Crippen molar-refractivity contribution in [1.29, 1.82) is 0 Å². The summed E-state index contributed by atoms with van der Waals surface area (Å²) in [5, 5.41) is 8.76. The van der Waals surface area contributed by atoms with E-state index in [4.69, 9.17) is 13.4 Å². The van der Waals surface area contributed by atoms with E-state index in [1.807, 2.05) is 0 Å². The van der Waals surface area contributed by atoms with Gasteiger partial charge in [0.15, 0.2) is 0 Å². The highest BCUT2D eigenvalue weighted by Gasteiger charge is 2.17. The molecular formula is C6H13NO2. The molecular weight excluding hydrogens is 118 g/mol. The highest BCUT2D eigenvalue weighted by atomic mass is 16.4. The lowest BCUT2D eigenvalue weighted by Gasteiger charge is -2.11. The van der Waals surface area contributed by atoms with Gasteiger partial charge in [0.05, 0.1) is 1.37 Å². The molecule has 0 spiro atoms. The summed E-state index contributed by atoms with van der Waals surface area (Å²) in [4.78, 5) is 10.8. The van der Waals surface area contributed by atoms with Crippen molar-refractivity contribution in [2.45, 2.75) is 26.2 Å². The smallest absolute Gasteiger partial charge is 0.320 e. The summed E-state index contributed by atoms with van der Waals surface area (Å²) in [5.41, 5.74) is -0.443. The second-order valence-electron chi connectivity index (χ2n) is 1.53. The summed E-state index contributed by atoms with van der Waals surface area (Å²) in [6.45, 7) is -0.590. The fourth-order valence-electron chi connectivity index (χ4n) is 0.305. The van der Waals surface area contributed by atoms with Crippen molar-refractivity contribution in [2.75, 3.05) is 0 Å². The maximum absolute atomic E-state index is 10.8. The minimum atomic E-state index is -2.95. The molecule has 0 aliphatic carbocycles. The molecule has 0 aliphatic rings. The number of aliphatic carboxylic acids is 1. The van der Waals surface area contributed by atoms with Crippen LogP contribution in [-0.2, 0) is 4.79 Å². The molecule has 9 heavy (non-hydrogen) atoms. The maximum Gasteiger partial charge on any atom is 0.320 e. The maximum atomic E-state index is 10.8. The summed E-state index contributed by atoms with van der Waals surface area (Å²) in [6.07, 6.45) is -0.283. The van der Waals surface area contributed by atoms with Crippen LogP contribution in [-0.4, -0.2) is 17.1 Å². The van der Waals surface area contributed by atoms with Crippen LogP contribution in [0.5, 0.6) is 0 Å². The van der Waals surface area contributed by atoms with E-state index < -0.39 is 30.5 Å². The van der Waals surface area contributed by atoms with Crippen molar-refractivity contribution in [3.8, 4) is 0 Å². The van der Waals surface area contributed by atoms with Crippen LogP contribution in [0.3, 0.4) is 0 Å². The monoisotopic (exact) mass is 137 g/mol. The van der Waals surface area contributed by atoms with Gasteiger partial charge >= 0.3 is 5.97 Å². The molecule has 0 aromatic carbocycles. The quantitative estimate of drug-likeness (QED) is 0.591. The summed E-state index contributed by atoms with van der Waals surface area (Å²) in [7, 11) is 0. The predicted octanol–water partition coefficient (Wildman–Crippen LogP) is 0.444. The molecule has 0 heterocycles. The lowest BCUT2D eigenvalue weighted by molar-refractivity contribution is -0.139. The SMILES string of the molecule is [2H]C([2H])[C@@]([2H])(CC)[C@@]([2H])(C(=O)O)N([2H])[2H]. The van der Waals surface area contributed by atoms with E-state index in [1.54, 1.807) is 0 Å². The fraction of sp³-hybridized carbons (Fsp3) is 0.833. The number of hydrogen-bond acceptors (Lipinski definition) is 2. The van der Waals surface area contributed by atoms with Crippen molar-refractivity contribution in [1.82, 2.24) is 0 Å². The third-order valence-electron chi connectivity index (χ3n) is 0.888. The first kappa shape index (κ1) is 2.58. The first-order chi connectivity index (χ1) is 6.64. The minimum absolute atomic E-state index is 0.283. The minimum Gasteiger partial charge on any atom is -0.480 e. The van der Waals surface area contributed by atoms with Gasteiger partial charge in [-0.2, -0.15) is 0 Å². The Morgan fingerprint density at radius 2 is 2.89 bits per heavy atom. The van der Waals surface area contributed by atoms with Crippen LogP contribution in [0.4, 0.5) is 0 Å². The van der Waals surface area contributed by atoms with Gasteiger partial charge in [0.2, 0.25) is 0 Å². The lowest BCUT2D eigenvalue weighted by Crippen LogP contribution is -2.36. The highest BCUT2D eigenvalue weighted by molar-refractivity contribution is 5.73. The van der Waals surface area contributed by atoms with E-state index in [1.165, 1.54) is 6.92 Å². The van der Waals surface area contributed by atoms with Gasteiger partial charge in [-0.1, -0.05) is 20.2 Å². The summed E-state index contributed by atoms with van der Waals surface area (Å²) in [5.74, 6) is -4.24. The van der Waals surface area contributed by atoms with Crippen LogP contribution in [0.2, 0.25) is 2.82 Å². The fourth-order valence-corrected chi connectivity index (χ4v) is 0.305. The molecule has 0 saturated carbocycles. The summed E-state index contributed by atoms with van der Waals surface area (Å²) < 4.78 is 42.9. The molecule has 2 atom stereocenters. The van der Waals surface area contributed by atoms with Gasteiger partial charge in [-0.3, -0.25) is 4.79 Å². The summed E-state index contributed by atoms with van der Waals surface area (Å²) >= 11 is 0. The zero-order chi connectivity index (χ0) is 12.4. The van der Waals surface area contributed by atoms with E-state index in [0.717, 1.165) is 0 Å². The first-order valence-electron chi connectivity index (χ1n) is 5.55. The van der Waals surface area contributed by atoms with E-state index in [2.05, 4.69) is 0 Å². The Morgan fingerprint density at radius 3 is 3.00 bits per heavy atom. The number of carboxylic acid groups (broad SMARTS) is 1. The predicted molar refractivity (Wildman–Crippen MR) is 35.1 cm³/mol. The number of carboxylic acids is 1. The molecule has 0 aliphatic heterocycles. The molecule has 0 aromatic rings. The van der Waals surface area contributed by atoms with Gasteiger partial charge in [0.1, 0.15) is 8.84 Å². The van der Waals surface area contributed by atoms with Gasteiger partial charge in [-0.05, 0) is 5.89 Å². The summed E-state index contributed by atoms with van der Waals surface area (Å²) in [6, 6.07) is -2.95. The molecule has 0 radical (unpaired) electrons. The average molecular weight is 137 g/mol. The standard InChI is InChI=1S/C6H13NO2/c1-3-4(2)5(7)6(8)9/h4-5H,3,7H2,1-2H3,(H,8,9)/t4-,5-/m0/s1/i2D2,4D,5D/hD2. The van der Waals surface area contributed by atoms with Gasteiger partial charge < -0.3 is 10.8 Å². The zero-order valence-electron chi connectivity index (χ0n) is 11.1. The van der Waals surface area contributed by atoms with Crippen molar-refractivity contribution in [3.05, 3.63) is 0 Å². The third-order valence-corrected chi connectivity index (χ3v) is 0.888. The molecule has 0 rings (SSSR count). The molecule has 3 N–H and O–H groups in total. The second-order valence-corrected chi connectivity index (χ2v) is 1.53. The number of nitrogens with two attached hydrogens (primary N) is 1. The van der Waals surface area contributed by atoms with Crippen molar-refractivity contribution < 1.29 is 18.2 Å². The largest absolute Gasteiger partial charge is 0.480 e. The van der Waals surface area contributed by atoms with E-state index in [-0.39, 0.29) is 6.42 Å². The average Bonchev–Trinajstić information content (AvgIpc) is 2.13. The van der Waals surface area contributed by atoms with Gasteiger partial charge in [-0.25, -0.2) is 0 Å². The first-order valence-corrected chi connectivity index (χ1v) is 2.50. The van der Waals surface area contributed by atoms with E-state index in [0.29, 0.717) is 0 Å². The van der Waals surface area contributed by atoms with E-state index >= 15 is 0 Å². The van der Waals surface area contributed by atoms with Crippen LogP contribution < -0.4 is 5.72 Å². The topological polar surface area (TPSA) is 63.3 Å². The van der Waals surface area contributed by atoms with Crippen LogP contribution in [0.25, 0.3) is 0 Å². The molecule has 0 fully saturated rings. The molecule has 54 valence electrons. The normalized spacial score (nSPS) is 34.1. The van der Waals surface area contributed by atoms with Gasteiger partial charge in [0.25, 0.3) is 0 Å². The molecule has 0 amide bonds. The van der Waals surface area contributed by atoms with Crippen LogP contribution in [0, 0.1) is 5.89 Å². The zero-order valence-corrected chi connectivity index (χ0v) is 5.09. The van der Waals surface area contributed by atoms with E-state index in [9.17, 15) is 4.79 Å². The Bertz CT molecular complexity index is 250. The number of rotatable bonds is 4. The number of carbonyl (C=O) groups is 1. The van der Waals surface area contributed by atoms with Gasteiger partial charge in [0, 0.05) is 4.11 Å². The molecule has 0 saturated heterocycles. The van der Waals surface area contributed by atoms with Gasteiger partial charge in [-0.15, -0.1) is 0 Å². The third kappa shape index (κ3) is 2.46. The van der Waals surface area contributed by atoms with Crippen LogP contribution in [0.1, 0.15) is 25.7 Å². The Hall–Kier alpha value is -0.570. The lowest BCUT2D eigenvalue weighted by atomic mass is 10.0. The Labute approximate surface area is 63.4 Å². The Morgan fingerprint density at radius 1 is 2.22 bits per heavy atom. The molecule has 3 nitrogen and oxygen atoms in total. The van der Waals surface area contributed by atoms with Crippen LogP contribution in [0.15, 0.2) is 0 Å². The Balaban J connectivity index is 5.50. The molecule has 0 unspecified atom stereocenters. The van der Waals surface area contributed by atoms with Crippen LogP contribution >= 0.6 is 0 Å². The number of hydrogen-bond donors (Lipinski definition) is 2. The van der Waals surface area contributed by atoms with Crippen molar-refractivity contribution in [2.24, 2.45) is 11.6 Å². The molecule has 0 bridgehead atoms. The second kappa shape index (κ2) is 3.45.